The molecule has 0 amide bonds. The molecule has 20 heavy (non-hydrogen) atoms. The van der Waals surface area contributed by atoms with Crippen molar-refractivity contribution in [2.45, 2.75) is 0 Å². The van der Waals surface area contributed by atoms with Crippen LogP contribution in [0.25, 0.3) is 11.1 Å². The Kier molecular flexibility index (Phi) is 3.98. The molecule has 0 fully saturated rings. The van der Waals surface area contributed by atoms with E-state index in [0.29, 0.717) is 5.56 Å². The summed E-state index contributed by atoms with van der Waals surface area (Å²) in [7, 11) is -8.95. The summed E-state index contributed by atoms with van der Waals surface area (Å²) in [5.74, 6) is 0. The van der Waals surface area contributed by atoms with Gasteiger partial charge in [-0.2, -0.15) is 0 Å². The van der Waals surface area contributed by atoms with E-state index < -0.39 is 15.2 Å². The minimum atomic E-state index is -4.48. The van der Waals surface area contributed by atoms with Gasteiger partial charge in [0.25, 0.3) is 0 Å². The lowest BCUT2D eigenvalue weighted by Gasteiger charge is -2.12. The average molecular weight is 313 g/mol. The summed E-state index contributed by atoms with van der Waals surface area (Å²) < 4.78 is 22.6. The van der Waals surface area contributed by atoms with Gasteiger partial charge >= 0.3 is 15.2 Å². The van der Waals surface area contributed by atoms with Gasteiger partial charge in [-0.3, -0.25) is 9.13 Å². The molecule has 4 N–H and O–H groups in total. The predicted molar refractivity (Wildman–Crippen MR) is 74.1 cm³/mol. The molecular weight excluding hydrogens is 302 g/mol. The Morgan fingerprint density at radius 3 is 2.15 bits per heavy atom. The van der Waals surface area contributed by atoms with Gasteiger partial charge in [0.2, 0.25) is 0 Å². The van der Waals surface area contributed by atoms with Gasteiger partial charge in [0.1, 0.15) is 0 Å². The standard InChI is InChI=1S/C12H11O6P2/c13-19(14,15)10-5-3-4-9(8-10)11-6-1-2-7-12(11)20(16,17)18/h1-4,6-8H,(H2,13,14,15)(H2,16,17,18). The number of rotatable bonds is 3. The molecule has 105 valence electrons. The lowest BCUT2D eigenvalue weighted by molar-refractivity contribution is 0.385. The Morgan fingerprint density at radius 1 is 0.900 bits per heavy atom. The van der Waals surface area contributed by atoms with Crippen molar-refractivity contribution in [3.8, 4) is 11.1 Å². The van der Waals surface area contributed by atoms with Crippen LogP contribution in [0.4, 0.5) is 0 Å². The molecule has 2 aromatic rings. The van der Waals surface area contributed by atoms with Crippen LogP contribution in [0.15, 0.2) is 42.5 Å². The second-order valence-electron chi connectivity index (χ2n) is 4.07. The van der Waals surface area contributed by atoms with Crippen LogP contribution < -0.4 is 10.6 Å². The van der Waals surface area contributed by atoms with Gasteiger partial charge < -0.3 is 19.6 Å². The first kappa shape index (κ1) is 15.1. The Morgan fingerprint density at radius 2 is 1.55 bits per heavy atom. The third kappa shape index (κ3) is 3.25. The summed E-state index contributed by atoms with van der Waals surface area (Å²) >= 11 is 0. The van der Waals surface area contributed by atoms with E-state index in [4.69, 9.17) is 9.79 Å². The zero-order valence-corrected chi connectivity index (χ0v) is 11.8. The van der Waals surface area contributed by atoms with Crippen molar-refractivity contribution in [2.75, 3.05) is 0 Å². The number of hydrogen-bond donors (Lipinski definition) is 4. The second-order valence-corrected chi connectivity index (χ2v) is 7.21. The van der Waals surface area contributed by atoms with Gasteiger partial charge in [0, 0.05) is 0 Å². The van der Waals surface area contributed by atoms with Crippen LogP contribution in [0.3, 0.4) is 0 Å². The molecule has 0 saturated heterocycles. The SMILES string of the molecule is O=P(O)(O)c1[c]ccc(-c2ccccc2P(=O)(O)O)c1. The maximum atomic E-state index is 11.4. The van der Waals surface area contributed by atoms with E-state index in [-0.39, 0.29) is 16.2 Å². The fraction of sp³-hybridized carbons (Fsp3) is 0. The smallest absolute Gasteiger partial charge is 0.321 e. The minimum absolute atomic E-state index is 0.192. The lowest BCUT2D eigenvalue weighted by Crippen LogP contribution is -2.09. The quantitative estimate of drug-likeness (QED) is 0.622. The third-order valence-electron chi connectivity index (χ3n) is 2.63. The van der Waals surface area contributed by atoms with Gasteiger partial charge in [-0.15, -0.1) is 0 Å². The molecule has 6 nitrogen and oxygen atoms in total. The van der Waals surface area contributed by atoms with Crippen molar-refractivity contribution in [3.05, 3.63) is 48.5 Å². The zero-order chi connectivity index (χ0) is 15.0. The zero-order valence-electron chi connectivity index (χ0n) is 10.0. The molecule has 0 aromatic heterocycles. The van der Waals surface area contributed by atoms with E-state index in [0.717, 1.165) is 0 Å². The Hall–Kier alpha value is -1.26. The Balaban J connectivity index is 2.65. The molecule has 0 atom stereocenters. The average Bonchev–Trinajstić information content (AvgIpc) is 2.37. The summed E-state index contributed by atoms with van der Waals surface area (Å²) in [6.07, 6.45) is 0. The number of benzene rings is 2. The van der Waals surface area contributed by atoms with E-state index in [1.165, 1.54) is 36.4 Å². The van der Waals surface area contributed by atoms with Crippen LogP contribution in [0.2, 0.25) is 0 Å². The summed E-state index contributed by atoms with van der Waals surface area (Å²) in [5.41, 5.74) is 0.533. The predicted octanol–water partition coefficient (Wildman–Crippen LogP) is 0.760. The molecule has 0 aliphatic rings. The highest BCUT2D eigenvalue weighted by Crippen LogP contribution is 2.39. The van der Waals surface area contributed by atoms with Crippen molar-refractivity contribution >= 4 is 25.8 Å². The second kappa shape index (κ2) is 5.26. The van der Waals surface area contributed by atoms with Crippen molar-refractivity contribution in [1.29, 1.82) is 0 Å². The van der Waals surface area contributed by atoms with Gasteiger partial charge in [0.15, 0.2) is 0 Å². The van der Waals surface area contributed by atoms with Crippen molar-refractivity contribution in [1.82, 2.24) is 0 Å². The third-order valence-corrected chi connectivity index (χ3v) is 4.53. The Bertz CT molecular complexity index is 730. The fourth-order valence-corrected chi connectivity index (χ4v) is 3.11. The maximum absolute atomic E-state index is 11.4. The number of hydrogen-bond acceptors (Lipinski definition) is 2. The van der Waals surface area contributed by atoms with E-state index in [2.05, 4.69) is 6.07 Å². The summed E-state index contributed by atoms with van der Waals surface area (Å²) in [5, 5.41) is -0.515. The first-order valence-corrected chi connectivity index (χ1v) is 8.65. The molecule has 0 spiro atoms. The normalized spacial score (nSPS) is 12.4. The molecule has 0 saturated carbocycles. The highest BCUT2D eigenvalue weighted by atomic mass is 31.2. The van der Waals surface area contributed by atoms with E-state index in [1.807, 2.05) is 0 Å². The molecule has 0 aliphatic heterocycles. The van der Waals surface area contributed by atoms with E-state index in [9.17, 15) is 18.9 Å². The van der Waals surface area contributed by atoms with Crippen molar-refractivity contribution < 1.29 is 28.7 Å². The summed E-state index contributed by atoms with van der Waals surface area (Å²) in [6, 6.07) is 12.2. The van der Waals surface area contributed by atoms with Crippen LogP contribution in [0, 0.1) is 6.07 Å². The first-order chi connectivity index (χ1) is 9.19. The molecule has 8 heteroatoms. The molecule has 2 rings (SSSR count). The lowest BCUT2D eigenvalue weighted by atomic mass is 10.1. The monoisotopic (exact) mass is 313 g/mol. The fourth-order valence-electron chi connectivity index (χ4n) is 1.76. The van der Waals surface area contributed by atoms with Crippen molar-refractivity contribution in [3.63, 3.8) is 0 Å². The highest BCUT2D eigenvalue weighted by molar-refractivity contribution is 7.60. The van der Waals surface area contributed by atoms with Gasteiger partial charge in [-0.1, -0.05) is 30.3 Å². The largest absolute Gasteiger partial charge is 0.356 e. The van der Waals surface area contributed by atoms with Gasteiger partial charge in [0.05, 0.1) is 10.6 Å². The van der Waals surface area contributed by atoms with Gasteiger partial charge in [-0.25, -0.2) is 0 Å². The van der Waals surface area contributed by atoms with Crippen LogP contribution in [-0.4, -0.2) is 19.6 Å². The maximum Gasteiger partial charge on any atom is 0.356 e. The van der Waals surface area contributed by atoms with Crippen LogP contribution >= 0.6 is 15.2 Å². The van der Waals surface area contributed by atoms with Gasteiger partial charge in [-0.05, 0) is 29.3 Å². The molecule has 0 heterocycles. The Labute approximate surface area is 115 Å². The molecular formula is C12H11O6P2. The van der Waals surface area contributed by atoms with Crippen LogP contribution in [0.1, 0.15) is 0 Å². The van der Waals surface area contributed by atoms with Crippen molar-refractivity contribution in [2.24, 2.45) is 0 Å². The van der Waals surface area contributed by atoms with E-state index >= 15 is 0 Å². The minimum Gasteiger partial charge on any atom is -0.321 e. The molecule has 0 unspecified atom stereocenters. The molecule has 0 bridgehead atoms. The summed E-state index contributed by atoms with van der Waals surface area (Å²) in [4.78, 5) is 36.9. The highest BCUT2D eigenvalue weighted by Gasteiger charge is 2.23. The molecule has 2 aromatic carbocycles. The topological polar surface area (TPSA) is 115 Å². The van der Waals surface area contributed by atoms with Crippen LogP contribution in [0.5, 0.6) is 0 Å². The van der Waals surface area contributed by atoms with E-state index in [1.54, 1.807) is 6.07 Å². The van der Waals surface area contributed by atoms with Crippen LogP contribution in [-0.2, 0) is 9.13 Å². The summed E-state index contributed by atoms with van der Waals surface area (Å²) in [6.45, 7) is 0. The molecule has 0 aliphatic carbocycles. The molecule has 1 radical (unpaired) electrons. The first-order valence-electron chi connectivity index (χ1n) is 5.43.